The number of rotatable bonds is 3. The third-order valence-corrected chi connectivity index (χ3v) is 4.61. The van der Waals surface area contributed by atoms with Gasteiger partial charge < -0.3 is 0 Å². The largest absolute Gasteiger partial charge is 0.416 e. The Balaban J connectivity index is 1.95. The fourth-order valence-electron chi connectivity index (χ4n) is 2.28. The smallest absolute Gasteiger partial charge is 0.267 e. The molecule has 1 amide bonds. The van der Waals surface area contributed by atoms with E-state index >= 15 is 0 Å². The first kappa shape index (κ1) is 19.1. The number of amides is 1. The molecule has 0 aliphatic heterocycles. The third-order valence-electron chi connectivity index (χ3n) is 3.59. The number of nitrogens with one attached hydrogen (secondary N) is 1. The van der Waals surface area contributed by atoms with E-state index in [0.717, 1.165) is 28.2 Å². The van der Waals surface area contributed by atoms with E-state index < -0.39 is 23.3 Å². The zero-order valence-electron chi connectivity index (χ0n) is 13.5. The van der Waals surface area contributed by atoms with Crippen LogP contribution >= 0.6 is 23.1 Å². The molecule has 140 valence electrons. The Kier molecular flexibility index (Phi) is 5.33. The molecule has 10 heteroatoms. The average molecular weight is 414 g/mol. The molecule has 1 N–H and O–H groups in total. The zero-order chi connectivity index (χ0) is 19.6. The lowest BCUT2D eigenvalue weighted by Crippen LogP contribution is -2.28. The van der Waals surface area contributed by atoms with E-state index in [0.29, 0.717) is 5.02 Å². The van der Waals surface area contributed by atoms with Crippen LogP contribution in [0.5, 0.6) is 0 Å². The number of hydrogen-bond acceptors (Lipinski definition) is 3. The van der Waals surface area contributed by atoms with Crippen molar-refractivity contribution in [1.82, 2.24) is 8.94 Å². The summed E-state index contributed by atoms with van der Waals surface area (Å²) in [4.78, 5) is 28.2. The van der Waals surface area contributed by atoms with Crippen LogP contribution in [-0.4, -0.2) is 14.8 Å². The number of aromatic amines is 1. The van der Waals surface area contributed by atoms with Gasteiger partial charge in [0, 0.05) is 10.6 Å². The van der Waals surface area contributed by atoms with Gasteiger partial charge in [-0.15, -0.1) is 0 Å². The molecule has 1 aromatic heterocycles. The summed E-state index contributed by atoms with van der Waals surface area (Å²) in [5.41, 5.74) is -0.858. The first-order valence-corrected chi connectivity index (χ1v) is 8.72. The molecule has 0 bridgehead atoms. The molecule has 2 aromatic carbocycles. The molecule has 5 nitrogen and oxygen atoms in total. The fraction of sp³-hybridized carbons (Fsp3) is 0.118. The monoisotopic (exact) mass is 413 g/mol. The van der Waals surface area contributed by atoms with Crippen molar-refractivity contribution in [2.45, 2.75) is 12.7 Å². The van der Waals surface area contributed by atoms with Crippen LogP contribution in [0, 0.1) is 0 Å². The molecule has 0 aliphatic carbocycles. The molecule has 0 aliphatic rings. The highest BCUT2D eigenvalue weighted by atomic mass is 35.5. The second kappa shape index (κ2) is 7.53. The first-order chi connectivity index (χ1) is 12.7. The standard InChI is InChI=1S/C17H11ClF3N3O2S/c18-13-6-4-11(5-7-13)14(25)22-16-24(15(26)23-27-16)9-10-2-1-3-12(8-10)17(19,20)21/h1-8H,9H2,(H,23,26)/b22-16-. The van der Waals surface area contributed by atoms with Gasteiger partial charge in [-0.3, -0.25) is 13.7 Å². The molecular formula is C17H11ClF3N3O2S. The highest BCUT2D eigenvalue weighted by molar-refractivity contribution is 7.02. The predicted molar refractivity (Wildman–Crippen MR) is 94.8 cm³/mol. The Hall–Kier alpha value is -2.65. The van der Waals surface area contributed by atoms with Crippen molar-refractivity contribution < 1.29 is 18.0 Å². The van der Waals surface area contributed by atoms with Crippen LogP contribution in [0.4, 0.5) is 13.2 Å². The van der Waals surface area contributed by atoms with Crippen LogP contribution in [0.15, 0.2) is 58.3 Å². The van der Waals surface area contributed by atoms with E-state index in [4.69, 9.17) is 11.6 Å². The van der Waals surface area contributed by atoms with Crippen molar-refractivity contribution in [2.24, 2.45) is 4.99 Å². The second-order valence-electron chi connectivity index (χ2n) is 5.50. The lowest BCUT2D eigenvalue weighted by molar-refractivity contribution is -0.137. The van der Waals surface area contributed by atoms with Crippen LogP contribution in [0.3, 0.4) is 0 Å². The second-order valence-corrected chi connectivity index (χ2v) is 6.71. The van der Waals surface area contributed by atoms with E-state index in [2.05, 4.69) is 9.37 Å². The summed E-state index contributed by atoms with van der Waals surface area (Å²) >= 11 is 6.59. The van der Waals surface area contributed by atoms with E-state index in [1.54, 1.807) is 0 Å². The number of benzene rings is 2. The van der Waals surface area contributed by atoms with Crippen LogP contribution in [0.25, 0.3) is 0 Å². The van der Waals surface area contributed by atoms with Crippen LogP contribution in [0.2, 0.25) is 5.02 Å². The zero-order valence-corrected chi connectivity index (χ0v) is 15.0. The van der Waals surface area contributed by atoms with Crippen molar-refractivity contribution in [2.75, 3.05) is 0 Å². The average Bonchev–Trinajstić information content (AvgIpc) is 2.95. The summed E-state index contributed by atoms with van der Waals surface area (Å²) in [6.45, 7) is -0.157. The van der Waals surface area contributed by atoms with Crippen molar-refractivity contribution >= 4 is 29.0 Å². The number of carbonyl (C=O) groups excluding carboxylic acids is 1. The summed E-state index contributed by atoms with van der Waals surface area (Å²) in [7, 11) is 0. The van der Waals surface area contributed by atoms with Gasteiger partial charge in [0.1, 0.15) is 0 Å². The van der Waals surface area contributed by atoms with E-state index in [1.807, 2.05) is 0 Å². The molecule has 0 fully saturated rings. The van der Waals surface area contributed by atoms with E-state index in [-0.39, 0.29) is 22.5 Å². The molecule has 0 unspecified atom stereocenters. The SMILES string of the molecule is O=C(/N=c1\s[nH]c(=O)n1Cc1cccc(C(F)(F)F)c1)c1ccc(Cl)cc1. The molecule has 0 atom stereocenters. The number of H-pyrrole nitrogens is 1. The van der Waals surface area contributed by atoms with Gasteiger partial charge in [0.25, 0.3) is 5.91 Å². The molecule has 3 rings (SSSR count). The number of alkyl halides is 3. The quantitative estimate of drug-likeness (QED) is 0.711. The van der Waals surface area contributed by atoms with Gasteiger partial charge >= 0.3 is 11.9 Å². The van der Waals surface area contributed by atoms with Crippen molar-refractivity contribution in [1.29, 1.82) is 0 Å². The van der Waals surface area contributed by atoms with Gasteiger partial charge in [0.15, 0.2) is 0 Å². The maximum absolute atomic E-state index is 12.8. The Morgan fingerprint density at radius 1 is 1.19 bits per heavy atom. The Bertz CT molecular complexity index is 1100. The maximum Gasteiger partial charge on any atom is 0.416 e. The fourth-order valence-corrected chi connectivity index (χ4v) is 3.08. The van der Waals surface area contributed by atoms with Crippen molar-refractivity contribution in [3.05, 3.63) is 85.5 Å². The first-order valence-electron chi connectivity index (χ1n) is 7.53. The van der Waals surface area contributed by atoms with Crippen LogP contribution in [0.1, 0.15) is 21.5 Å². The van der Waals surface area contributed by atoms with Crippen molar-refractivity contribution in [3.63, 3.8) is 0 Å². The minimum Gasteiger partial charge on any atom is -0.267 e. The van der Waals surface area contributed by atoms with E-state index in [1.165, 1.54) is 36.4 Å². The lowest BCUT2D eigenvalue weighted by Gasteiger charge is -2.08. The summed E-state index contributed by atoms with van der Waals surface area (Å²) in [5, 5.41) is 0.456. The number of carbonyl (C=O) groups is 1. The summed E-state index contributed by atoms with van der Waals surface area (Å²) in [6, 6.07) is 10.7. The minimum absolute atomic E-state index is 0.0531. The molecule has 0 spiro atoms. The Morgan fingerprint density at radius 3 is 2.56 bits per heavy atom. The van der Waals surface area contributed by atoms with Gasteiger partial charge in [0.05, 0.1) is 12.1 Å². The predicted octanol–water partition coefficient (Wildman–Crippen LogP) is 3.70. The third kappa shape index (κ3) is 4.55. The Morgan fingerprint density at radius 2 is 1.89 bits per heavy atom. The molecule has 1 heterocycles. The van der Waals surface area contributed by atoms with E-state index in [9.17, 15) is 22.8 Å². The van der Waals surface area contributed by atoms with Gasteiger partial charge in [0.2, 0.25) is 4.80 Å². The van der Waals surface area contributed by atoms with Crippen LogP contribution in [-0.2, 0) is 12.7 Å². The highest BCUT2D eigenvalue weighted by Crippen LogP contribution is 2.29. The summed E-state index contributed by atoms with van der Waals surface area (Å²) < 4.78 is 42.1. The molecular weight excluding hydrogens is 403 g/mol. The Labute approximate surface area is 159 Å². The van der Waals surface area contributed by atoms with Crippen LogP contribution < -0.4 is 10.5 Å². The normalized spacial score (nSPS) is 12.4. The van der Waals surface area contributed by atoms with Gasteiger partial charge in [-0.25, -0.2) is 4.79 Å². The molecule has 3 aromatic rings. The van der Waals surface area contributed by atoms with Gasteiger partial charge in [-0.1, -0.05) is 23.7 Å². The number of halogens is 4. The summed E-state index contributed by atoms with van der Waals surface area (Å²) in [5.74, 6) is -0.597. The summed E-state index contributed by atoms with van der Waals surface area (Å²) in [6.07, 6.45) is -4.49. The molecule has 27 heavy (non-hydrogen) atoms. The highest BCUT2D eigenvalue weighted by Gasteiger charge is 2.30. The lowest BCUT2D eigenvalue weighted by atomic mass is 10.1. The van der Waals surface area contributed by atoms with Gasteiger partial charge in [-0.05, 0) is 53.5 Å². The number of nitrogens with zero attached hydrogens (tertiary/aromatic N) is 2. The van der Waals surface area contributed by atoms with Crippen molar-refractivity contribution in [3.8, 4) is 0 Å². The molecule has 0 radical (unpaired) electrons. The molecule has 0 saturated carbocycles. The topological polar surface area (TPSA) is 67.2 Å². The number of hydrogen-bond donors (Lipinski definition) is 1. The molecule has 0 saturated heterocycles. The van der Waals surface area contributed by atoms with Gasteiger partial charge in [-0.2, -0.15) is 18.2 Å². The number of aromatic nitrogens is 2. The maximum atomic E-state index is 12.8. The minimum atomic E-state index is -4.49.